The summed E-state index contributed by atoms with van der Waals surface area (Å²) in [5.41, 5.74) is 5.10. The highest BCUT2D eigenvalue weighted by Gasteiger charge is 2.14. The summed E-state index contributed by atoms with van der Waals surface area (Å²) in [5, 5.41) is 0. The van der Waals surface area contributed by atoms with E-state index < -0.39 is 0 Å². The first-order valence-electron chi connectivity index (χ1n) is 5.64. The monoisotopic (exact) mass is 430 g/mol. The molecule has 2 rings (SSSR count). The summed E-state index contributed by atoms with van der Waals surface area (Å²) in [6.45, 7) is 4.26. The molecule has 0 spiro atoms. The summed E-state index contributed by atoms with van der Waals surface area (Å²) in [4.78, 5) is 0.197. The second-order valence-corrected chi connectivity index (χ2v) is 7.14. The fourth-order valence-electron chi connectivity index (χ4n) is 2.04. The number of benzene rings is 2. The van der Waals surface area contributed by atoms with Crippen LogP contribution < -0.4 is 0 Å². The van der Waals surface area contributed by atoms with Crippen LogP contribution in [0.5, 0.6) is 0 Å². The third kappa shape index (κ3) is 3.25. The first-order chi connectivity index (χ1) is 8.47. The van der Waals surface area contributed by atoms with Gasteiger partial charge in [-0.2, -0.15) is 0 Å². The quantitative estimate of drug-likeness (QED) is 0.487. The van der Waals surface area contributed by atoms with Crippen molar-refractivity contribution < 1.29 is 0 Å². The molecule has 0 saturated heterocycles. The van der Waals surface area contributed by atoms with E-state index in [0.717, 1.165) is 8.95 Å². The lowest BCUT2D eigenvalue weighted by Crippen LogP contribution is -1.96. The normalized spacial score (nSPS) is 12.5. The summed E-state index contributed by atoms with van der Waals surface area (Å²) in [6, 6.07) is 12.9. The summed E-state index contributed by atoms with van der Waals surface area (Å²) >= 11 is 10.9. The Morgan fingerprint density at radius 2 is 1.50 bits per heavy atom. The molecule has 0 nitrogen and oxygen atoms in total. The van der Waals surface area contributed by atoms with E-state index in [1.807, 2.05) is 6.07 Å². The fourth-order valence-corrected chi connectivity index (χ4v) is 3.85. The van der Waals surface area contributed by atoms with Crippen LogP contribution in [0.15, 0.2) is 45.3 Å². The van der Waals surface area contributed by atoms with Gasteiger partial charge in [0.1, 0.15) is 0 Å². The first kappa shape index (κ1) is 14.3. The van der Waals surface area contributed by atoms with Crippen LogP contribution in [0.1, 0.15) is 27.1 Å². The van der Waals surface area contributed by atoms with Crippen molar-refractivity contribution in [2.75, 3.05) is 0 Å². The van der Waals surface area contributed by atoms with Crippen LogP contribution in [0, 0.1) is 13.8 Å². The Morgan fingerprint density at radius 1 is 0.889 bits per heavy atom. The van der Waals surface area contributed by atoms with Gasteiger partial charge in [0, 0.05) is 8.95 Å². The molecule has 0 fully saturated rings. The summed E-state index contributed by atoms with van der Waals surface area (Å²) in [6.07, 6.45) is 0. The van der Waals surface area contributed by atoms with Crippen molar-refractivity contribution in [2.45, 2.75) is 18.7 Å². The minimum Gasteiger partial charge on any atom is -0.0786 e. The smallest absolute Gasteiger partial charge is 0.0656 e. The zero-order valence-electron chi connectivity index (χ0n) is 10.2. The molecule has 0 aromatic heterocycles. The van der Waals surface area contributed by atoms with E-state index in [4.69, 9.17) is 0 Å². The molecule has 0 radical (unpaired) electrons. The van der Waals surface area contributed by atoms with Crippen LogP contribution in [0.2, 0.25) is 0 Å². The van der Waals surface area contributed by atoms with Crippen molar-refractivity contribution in [1.82, 2.24) is 0 Å². The number of rotatable bonds is 2. The van der Waals surface area contributed by atoms with Crippen LogP contribution >= 0.6 is 47.8 Å². The van der Waals surface area contributed by atoms with Crippen LogP contribution in [-0.4, -0.2) is 0 Å². The predicted molar refractivity (Wildman–Crippen MR) is 88.5 cm³/mol. The molecule has 18 heavy (non-hydrogen) atoms. The van der Waals surface area contributed by atoms with E-state index in [9.17, 15) is 0 Å². The summed E-state index contributed by atoms with van der Waals surface area (Å²) in [5.74, 6) is 0. The second kappa shape index (κ2) is 5.89. The number of hydrogen-bond acceptors (Lipinski definition) is 0. The maximum absolute atomic E-state index is 3.80. The van der Waals surface area contributed by atoms with E-state index >= 15 is 0 Å². The molecule has 0 saturated carbocycles. The van der Waals surface area contributed by atoms with Crippen molar-refractivity contribution in [3.8, 4) is 0 Å². The van der Waals surface area contributed by atoms with Gasteiger partial charge in [-0.15, -0.1) is 0 Å². The number of halogens is 3. The van der Waals surface area contributed by atoms with Gasteiger partial charge in [-0.05, 0) is 43.2 Å². The highest BCUT2D eigenvalue weighted by Crippen LogP contribution is 2.37. The Kier molecular flexibility index (Phi) is 4.68. The lowest BCUT2D eigenvalue weighted by atomic mass is 10.0. The molecule has 3 heteroatoms. The predicted octanol–water partition coefficient (Wildman–Crippen LogP) is 6.31. The Morgan fingerprint density at radius 3 is 2.11 bits per heavy atom. The van der Waals surface area contributed by atoms with Crippen molar-refractivity contribution in [2.24, 2.45) is 0 Å². The molecule has 0 heterocycles. The Balaban J connectivity index is 2.47. The average molecular weight is 433 g/mol. The molecule has 2 aromatic carbocycles. The largest absolute Gasteiger partial charge is 0.0786 e. The van der Waals surface area contributed by atoms with E-state index in [-0.39, 0.29) is 4.83 Å². The zero-order chi connectivity index (χ0) is 13.3. The molecule has 0 aliphatic heterocycles. The van der Waals surface area contributed by atoms with Crippen LogP contribution in [0.3, 0.4) is 0 Å². The van der Waals surface area contributed by atoms with Gasteiger partial charge in [0.15, 0.2) is 0 Å². The van der Waals surface area contributed by atoms with Gasteiger partial charge in [0.25, 0.3) is 0 Å². The van der Waals surface area contributed by atoms with Crippen molar-refractivity contribution in [1.29, 1.82) is 0 Å². The maximum Gasteiger partial charge on any atom is 0.0656 e. The topological polar surface area (TPSA) is 0 Å². The van der Waals surface area contributed by atoms with E-state index in [1.54, 1.807) is 0 Å². The van der Waals surface area contributed by atoms with E-state index in [1.165, 1.54) is 22.3 Å². The van der Waals surface area contributed by atoms with Crippen molar-refractivity contribution in [3.63, 3.8) is 0 Å². The molecule has 94 valence electrons. The number of alkyl halides is 1. The molecule has 0 N–H and O–H groups in total. The molecule has 0 amide bonds. The lowest BCUT2D eigenvalue weighted by Gasteiger charge is -2.15. The first-order valence-corrected chi connectivity index (χ1v) is 8.15. The Labute approximate surface area is 133 Å². The van der Waals surface area contributed by atoms with Gasteiger partial charge < -0.3 is 0 Å². The van der Waals surface area contributed by atoms with Crippen LogP contribution in [-0.2, 0) is 0 Å². The van der Waals surface area contributed by atoms with Gasteiger partial charge in [-0.25, -0.2) is 0 Å². The van der Waals surface area contributed by atoms with Gasteiger partial charge in [0.2, 0.25) is 0 Å². The van der Waals surface area contributed by atoms with Crippen LogP contribution in [0.25, 0.3) is 0 Å². The SMILES string of the molecule is Cc1cc(C)cc(C(Br)c2cc(Br)ccc2Br)c1. The minimum absolute atomic E-state index is 0.197. The highest BCUT2D eigenvalue weighted by molar-refractivity contribution is 9.11. The van der Waals surface area contributed by atoms with Gasteiger partial charge in [-0.3, -0.25) is 0 Å². The van der Waals surface area contributed by atoms with Gasteiger partial charge in [0.05, 0.1) is 4.83 Å². The fraction of sp³-hybridized carbons (Fsp3) is 0.200. The average Bonchev–Trinajstić information content (AvgIpc) is 2.30. The molecular weight excluding hydrogens is 420 g/mol. The minimum atomic E-state index is 0.197. The van der Waals surface area contributed by atoms with Crippen molar-refractivity contribution >= 4 is 47.8 Å². The standard InChI is InChI=1S/C15H13Br3/c1-9-5-10(2)7-11(6-9)15(18)13-8-12(16)3-4-14(13)17/h3-8,15H,1-2H3. The lowest BCUT2D eigenvalue weighted by molar-refractivity contribution is 1.14. The molecule has 1 unspecified atom stereocenters. The van der Waals surface area contributed by atoms with Gasteiger partial charge >= 0.3 is 0 Å². The van der Waals surface area contributed by atoms with Gasteiger partial charge in [-0.1, -0.05) is 77.1 Å². The Bertz CT molecular complexity index is 556. The molecule has 1 atom stereocenters. The number of hydrogen-bond donors (Lipinski definition) is 0. The van der Waals surface area contributed by atoms with E-state index in [2.05, 4.69) is 92.0 Å². The molecule has 2 aromatic rings. The zero-order valence-corrected chi connectivity index (χ0v) is 14.9. The Hall–Kier alpha value is -0.120. The highest BCUT2D eigenvalue weighted by atomic mass is 79.9. The summed E-state index contributed by atoms with van der Waals surface area (Å²) < 4.78 is 2.21. The molecule has 0 aliphatic carbocycles. The molecule has 0 bridgehead atoms. The van der Waals surface area contributed by atoms with Crippen LogP contribution in [0.4, 0.5) is 0 Å². The third-order valence-electron chi connectivity index (χ3n) is 2.77. The molecule has 0 aliphatic rings. The second-order valence-electron chi connectivity index (χ2n) is 4.45. The van der Waals surface area contributed by atoms with E-state index in [0.29, 0.717) is 0 Å². The van der Waals surface area contributed by atoms with Crippen molar-refractivity contribution in [3.05, 3.63) is 67.6 Å². The summed E-state index contributed by atoms with van der Waals surface area (Å²) in [7, 11) is 0. The maximum atomic E-state index is 3.80. The number of aryl methyl sites for hydroxylation is 2. The third-order valence-corrected chi connectivity index (χ3v) is 5.01. The molecular formula is C15H13Br3.